The molecule has 0 amide bonds. The first-order valence-corrected chi connectivity index (χ1v) is 3.05. The third kappa shape index (κ3) is 0.367. The molecule has 0 radical (unpaired) electrons. The van der Waals surface area contributed by atoms with Crippen LogP contribution in [0, 0.1) is 5.41 Å². The second kappa shape index (κ2) is 1.03. The van der Waals surface area contributed by atoms with Gasteiger partial charge in [-0.3, -0.25) is 0 Å². The summed E-state index contributed by atoms with van der Waals surface area (Å²) in [6, 6.07) is 0. The van der Waals surface area contributed by atoms with E-state index in [0.717, 1.165) is 13.1 Å². The van der Waals surface area contributed by atoms with Gasteiger partial charge in [0, 0.05) is 13.1 Å². The van der Waals surface area contributed by atoms with E-state index in [0.29, 0.717) is 5.41 Å². The van der Waals surface area contributed by atoms with Gasteiger partial charge in [0.25, 0.3) is 0 Å². The van der Waals surface area contributed by atoms with E-state index in [1.54, 1.807) is 5.31 Å². The average Bonchev–Trinajstić information content (AvgIpc) is 1.51. The molecule has 40 valence electrons. The predicted molar refractivity (Wildman–Crippen MR) is 29.2 cm³/mol. The molecule has 1 N–H and O–H groups in total. The van der Waals surface area contributed by atoms with Crippen LogP contribution in [0.5, 0.6) is 0 Å². The topological polar surface area (TPSA) is 12.0 Å². The quantitative estimate of drug-likeness (QED) is 0.471. The van der Waals surface area contributed by atoms with E-state index in [1.165, 1.54) is 19.3 Å². The van der Waals surface area contributed by atoms with Crippen LogP contribution in [0.1, 0.15) is 19.3 Å². The Hall–Kier alpha value is -0.0400. The lowest BCUT2D eigenvalue weighted by molar-refractivity contribution is 0.0603. The molecule has 0 aromatic rings. The van der Waals surface area contributed by atoms with Crippen LogP contribution < -0.4 is 5.31 Å². The number of rotatable bonds is 0. The lowest BCUT2D eigenvalue weighted by Crippen LogP contribution is -2.57. The fourth-order valence-corrected chi connectivity index (χ4v) is 1.42. The normalized spacial score (nSPS) is 39.1. The van der Waals surface area contributed by atoms with Gasteiger partial charge in [-0.05, 0) is 18.3 Å². The Bertz CT molecular complexity index is 101. The Kier molecular flexibility index (Phi) is 0.451. The molecule has 1 saturated heterocycles. The Labute approximate surface area is 45.6 Å². The molecule has 0 unspecified atom stereocenters. The molecule has 1 nitrogen and oxygen atoms in total. The standard InChI is InChI=1S/C6H11N/c1-2-6(3-1)4-7-5-6/h7H,1-5H2/i/hD. The molecule has 1 saturated carbocycles. The number of nitrogens with one attached hydrogen (secondary N) is 1. The summed E-state index contributed by atoms with van der Waals surface area (Å²) in [5.74, 6) is 0. The highest BCUT2D eigenvalue weighted by Crippen LogP contribution is 2.43. The van der Waals surface area contributed by atoms with Crippen molar-refractivity contribution in [2.75, 3.05) is 13.1 Å². The van der Waals surface area contributed by atoms with Crippen molar-refractivity contribution in [3.05, 3.63) is 0 Å². The summed E-state index contributed by atoms with van der Waals surface area (Å²) in [6.45, 7) is 2.10. The summed E-state index contributed by atoms with van der Waals surface area (Å²) in [7, 11) is 0. The van der Waals surface area contributed by atoms with Gasteiger partial charge in [-0.25, -0.2) is 0 Å². The Morgan fingerprint density at radius 2 is 2.14 bits per heavy atom. The largest absolute Gasteiger partial charge is 0.316 e. The monoisotopic (exact) mass is 98.1 g/mol. The van der Waals surface area contributed by atoms with Crippen molar-refractivity contribution in [2.45, 2.75) is 19.3 Å². The average molecular weight is 98.2 g/mol. The molecule has 0 aromatic heterocycles. The van der Waals surface area contributed by atoms with Crippen LogP contribution in [0.25, 0.3) is 0 Å². The fourth-order valence-electron chi connectivity index (χ4n) is 1.42. The van der Waals surface area contributed by atoms with Gasteiger partial charge in [0.05, 0.1) is 0 Å². The lowest BCUT2D eigenvalue weighted by atomic mass is 9.65. The highest BCUT2D eigenvalue weighted by Gasteiger charge is 2.41. The molecule has 7 heavy (non-hydrogen) atoms. The Morgan fingerprint density at radius 1 is 1.43 bits per heavy atom. The first-order valence-electron chi connectivity index (χ1n) is 3.49. The molecule has 1 aliphatic carbocycles. The van der Waals surface area contributed by atoms with Gasteiger partial charge < -0.3 is 5.31 Å². The molecule has 0 aromatic carbocycles. The Morgan fingerprint density at radius 3 is 2.29 bits per heavy atom. The third-order valence-electron chi connectivity index (χ3n) is 2.31. The number of hydrogen-bond donors (Lipinski definition) is 1. The summed E-state index contributed by atoms with van der Waals surface area (Å²) < 4.78 is 7.14. The smallest absolute Gasteiger partial charge is 0.122 e. The van der Waals surface area contributed by atoms with E-state index in [9.17, 15) is 0 Å². The van der Waals surface area contributed by atoms with E-state index in [1.807, 2.05) is 0 Å². The highest BCUT2D eigenvalue weighted by atomic mass is 15.0. The van der Waals surface area contributed by atoms with E-state index in [2.05, 4.69) is 0 Å². The van der Waals surface area contributed by atoms with Crippen LogP contribution in [0.3, 0.4) is 0 Å². The van der Waals surface area contributed by atoms with E-state index >= 15 is 0 Å². The highest BCUT2D eigenvalue weighted by molar-refractivity contribution is 4.97. The summed E-state index contributed by atoms with van der Waals surface area (Å²) in [4.78, 5) is 0. The maximum absolute atomic E-state index is 7.14. The summed E-state index contributed by atoms with van der Waals surface area (Å²) in [5.41, 5.74) is 0.655. The van der Waals surface area contributed by atoms with Crippen LogP contribution in [-0.4, -0.2) is 13.1 Å². The summed E-state index contributed by atoms with van der Waals surface area (Å²) >= 11 is 0. The molecule has 0 bridgehead atoms. The zero-order valence-electron chi connectivity index (χ0n) is 5.48. The zero-order valence-corrected chi connectivity index (χ0v) is 4.48. The molecule has 1 heteroatoms. The van der Waals surface area contributed by atoms with Gasteiger partial charge in [-0.1, -0.05) is 6.42 Å². The van der Waals surface area contributed by atoms with Crippen molar-refractivity contribution >= 4 is 0 Å². The van der Waals surface area contributed by atoms with E-state index in [-0.39, 0.29) is 0 Å². The molecule has 0 atom stereocenters. The van der Waals surface area contributed by atoms with Crippen molar-refractivity contribution < 1.29 is 1.41 Å². The molecule has 1 heterocycles. The molecule has 2 fully saturated rings. The predicted octanol–water partition coefficient (Wildman–Crippen LogP) is 0.760. The van der Waals surface area contributed by atoms with Crippen LogP contribution in [0.15, 0.2) is 0 Å². The maximum Gasteiger partial charge on any atom is 0.122 e. The van der Waals surface area contributed by atoms with Gasteiger partial charge in [0.2, 0.25) is 0 Å². The van der Waals surface area contributed by atoms with Crippen LogP contribution in [0.2, 0.25) is 1.41 Å². The van der Waals surface area contributed by atoms with Crippen molar-refractivity contribution in [2.24, 2.45) is 5.41 Å². The van der Waals surface area contributed by atoms with Gasteiger partial charge >= 0.3 is 0 Å². The van der Waals surface area contributed by atoms with Crippen molar-refractivity contribution in [1.82, 2.24) is 5.31 Å². The minimum atomic E-state index is 0.655. The van der Waals surface area contributed by atoms with Crippen molar-refractivity contribution in [1.29, 1.82) is 0 Å². The first-order chi connectivity index (χ1) is 3.81. The Balaban J connectivity index is 1.92. The summed E-state index contributed by atoms with van der Waals surface area (Å²) in [5, 5.41) is 1.67. The van der Waals surface area contributed by atoms with Crippen LogP contribution >= 0.6 is 0 Å². The van der Waals surface area contributed by atoms with Gasteiger partial charge in [-0.2, -0.15) is 0 Å². The van der Waals surface area contributed by atoms with E-state index in [4.69, 9.17) is 1.41 Å². The zero-order chi connectivity index (χ0) is 5.61. The van der Waals surface area contributed by atoms with Gasteiger partial charge in [0.1, 0.15) is 1.41 Å². The molecular weight excluding hydrogens is 86.1 g/mol. The van der Waals surface area contributed by atoms with Crippen molar-refractivity contribution in [3.63, 3.8) is 0 Å². The molecule has 2 aliphatic rings. The van der Waals surface area contributed by atoms with E-state index < -0.39 is 0 Å². The van der Waals surface area contributed by atoms with Crippen LogP contribution in [0.4, 0.5) is 0 Å². The van der Waals surface area contributed by atoms with Gasteiger partial charge in [0.15, 0.2) is 0 Å². The SMILES string of the molecule is [2H]N1CC2(CCC2)C1. The minimum absolute atomic E-state index is 0.655. The lowest BCUT2D eigenvalue weighted by Gasteiger charge is -2.49. The third-order valence-corrected chi connectivity index (χ3v) is 2.31. The van der Waals surface area contributed by atoms with Crippen LogP contribution in [-0.2, 0) is 0 Å². The second-order valence-electron chi connectivity index (χ2n) is 2.89. The number of hydrogen-bond acceptors (Lipinski definition) is 1. The molecule has 1 aliphatic heterocycles. The maximum atomic E-state index is 7.14. The fraction of sp³-hybridized carbons (Fsp3) is 1.00. The first kappa shape index (κ1) is 3.08. The summed E-state index contributed by atoms with van der Waals surface area (Å²) in [6.07, 6.45) is 4.19. The second-order valence-corrected chi connectivity index (χ2v) is 2.89. The molecule has 1 spiro atoms. The van der Waals surface area contributed by atoms with Gasteiger partial charge in [-0.15, -0.1) is 0 Å². The molecular formula is C6H11N. The minimum Gasteiger partial charge on any atom is -0.316 e. The van der Waals surface area contributed by atoms with Crippen molar-refractivity contribution in [3.8, 4) is 0 Å². The molecule has 2 rings (SSSR count).